The molecule has 130 valence electrons. The van der Waals surface area contributed by atoms with Crippen LogP contribution in [0.2, 0.25) is 0 Å². The van der Waals surface area contributed by atoms with Crippen molar-refractivity contribution in [3.63, 3.8) is 0 Å². The molecule has 1 heterocycles. The number of nitro benzene ring substituents is 1. The Morgan fingerprint density at radius 3 is 2.64 bits per heavy atom. The SMILES string of the molecule is O=C1NC2(CCCCC2)C(=O)N1/N=C/C=C/c1ccccc1[N+](=O)[O-]. The van der Waals surface area contributed by atoms with Gasteiger partial charge in [-0.1, -0.05) is 31.4 Å². The first-order chi connectivity index (χ1) is 12.0. The van der Waals surface area contributed by atoms with Crippen molar-refractivity contribution in [2.45, 2.75) is 37.6 Å². The molecule has 1 saturated heterocycles. The number of imide groups is 1. The number of urea groups is 1. The minimum Gasteiger partial charge on any atom is -0.321 e. The number of allylic oxidation sites excluding steroid dienone is 1. The van der Waals surface area contributed by atoms with E-state index in [1.807, 2.05) is 0 Å². The first-order valence-corrected chi connectivity index (χ1v) is 8.14. The standard InChI is InChI=1S/C17H18N4O4/c22-15-17(10-4-1-5-11-17)19-16(23)20(15)18-12-6-8-13-7-2-3-9-14(13)21(24)25/h2-3,6-9,12H,1,4-5,10-11H2,(H,19,23)/b8-6+,18-12+. The minimum atomic E-state index is -0.811. The van der Waals surface area contributed by atoms with Crippen LogP contribution in [0.1, 0.15) is 37.7 Å². The molecular formula is C17H18N4O4. The first kappa shape index (κ1) is 16.8. The first-order valence-electron chi connectivity index (χ1n) is 8.14. The van der Waals surface area contributed by atoms with Crippen LogP contribution in [-0.2, 0) is 4.79 Å². The van der Waals surface area contributed by atoms with Crippen molar-refractivity contribution in [2.75, 3.05) is 0 Å². The number of carbonyl (C=O) groups excluding carboxylic acids is 2. The summed E-state index contributed by atoms with van der Waals surface area (Å²) in [5.41, 5.74) is -0.419. The lowest BCUT2D eigenvalue weighted by Crippen LogP contribution is -2.48. The van der Waals surface area contributed by atoms with E-state index in [-0.39, 0.29) is 11.6 Å². The molecule has 1 saturated carbocycles. The number of para-hydroxylation sites is 1. The topological polar surface area (TPSA) is 105 Å². The third-order valence-corrected chi connectivity index (χ3v) is 4.52. The maximum Gasteiger partial charge on any atom is 0.346 e. The number of rotatable bonds is 4. The number of carbonyl (C=O) groups is 2. The van der Waals surface area contributed by atoms with Crippen molar-refractivity contribution in [3.05, 3.63) is 46.0 Å². The van der Waals surface area contributed by atoms with Crippen LogP contribution < -0.4 is 5.32 Å². The van der Waals surface area contributed by atoms with Crippen LogP contribution in [0.4, 0.5) is 10.5 Å². The summed E-state index contributed by atoms with van der Waals surface area (Å²) in [6.07, 6.45) is 8.40. The molecule has 1 N–H and O–H groups in total. The molecule has 8 heteroatoms. The molecule has 1 aliphatic heterocycles. The van der Waals surface area contributed by atoms with Crippen molar-refractivity contribution in [1.82, 2.24) is 10.3 Å². The maximum absolute atomic E-state index is 12.5. The normalized spacial score (nSPS) is 19.9. The summed E-state index contributed by atoms with van der Waals surface area (Å²) in [5, 5.41) is 18.5. The van der Waals surface area contributed by atoms with Crippen molar-refractivity contribution >= 4 is 29.9 Å². The van der Waals surface area contributed by atoms with Gasteiger partial charge in [-0.25, -0.2) is 4.79 Å². The van der Waals surface area contributed by atoms with Crippen LogP contribution in [-0.4, -0.2) is 33.6 Å². The molecule has 0 bridgehead atoms. The third kappa shape index (κ3) is 3.28. The summed E-state index contributed by atoms with van der Waals surface area (Å²) in [6, 6.07) is 5.75. The van der Waals surface area contributed by atoms with Crippen molar-refractivity contribution < 1.29 is 14.5 Å². The molecule has 2 fully saturated rings. The Balaban J connectivity index is 1.71. The van der Waals surface area contributed by atoms with E-state index in [0.717, 1.165) is 24.3 Å². The Morgan fingerprint density at radius 2 is 1.92 bits per heavy atom. The largest absolute Gasteiger partial charge is 0.346 e. The molecule has 0 atom stereocenters. The highest BCUT2D eigenvalue weighted by atomic mass is 16.6. The number of hydrogen-bond acceptors (Lipinski definition) is 5. The molecule has 1 aliphatic carbocycles. The molecule has 3 amide bonds. The van der Waals surface area contributed by atoms with E-state index in [1.165, 1.54) is 24.4 Å². The van der Waals surface area contributed by atoms with Gasteiger partial charge in [-0.2, -0.15) is 5.10 Å². The van der Waals surface area contributed by atoms with Gasteiger partial charge in [0.1, 0.15) is 5.54 Å². The Labute approximate surface area is 144 Å². The lowest BCUT2D eigenvalue weighted by atomic mass is 9.82. The van der Waals surface area contributed by atoms with Gasteiger partial charge in [-0.3, -0.25) is 14.9 Å². The van der Waals surface area contributed by atoms with Crippen LogP contribution in [0, 0.1) is 10.1 Å². The van der Waals surface area contributed by atoms with E-state index in [0.29, 0.717) is 18.4 Å². The summed E-state index contributed by atoms with van der Waals surface area (Å²) in [4.78, 5) is 35.0. The Morgan fingerprint density at radius 1 is 1.20 bits per heavy atom. The van der Waals surface area contributed by atoms with E-state index in [2.05, 4.69) is 10.4 Å². The number of hydrazone groups is 1. The van der Waals surface area contributed by atoms with E-state index in [9.17, 15) is 19.7 Å². The van der Waals surface area contributed by atoms with E-state index in [4.69, 9.17) is 0 Å². The molecule has 25 heavy (non-hydrogen) atoms. The molecule has 0 unspecified atom stereocenters. The van der Waals surface area contributed by atoms with Gasteiger partial charge in [-0.05, 0) is 31.1 Å². The predicted octanol–water partition coefficient (Wildman–Crippen LogP) is 2.85. The molecule has 1 aromatic carbocycles. The molecule has 0 aromatic heterocycles. The molecule has 0 radical (unpaired) electrons. The number of benzene rings is 1. The molecule has 2 aliphatic rings. The molecule has 1 spiro atoms. The van der Waals surface area contributed by atoms with E-state index < -0.39 is 16.5 Å². The quantitative estimate of drug-likeness (QED) is 0.393. The van der Waals surface area contributed by atoms with Gasteiger partial charge in [0.2, 0.25) is 0 Å². The minimum absolute atomic E-state index is 0.0247. The number of nitrogens with one attached hydrogen (secondary N) is 1. The highest BCUT2D eigenvalue weighted by Gasteiger charge is 2.51. The Kier molecular flexibility index (Phi) is 4.60. The van der Waals surface area contributed by atoms with E-state index in [1.54, 1.807) is 18.2 Å². The van der Waals surface area contributed by atoms with Crippen LogP contribution in [0.15, 0.2) is 35.4 Å². The number of nitro groups is 1. The summed E-state index contributed by atoms with van der Waals surface area (Å²) in [5.74, 6) is -0.326. The summed E-state index contributed by atoms with van der Waals surface area (Å²) in [6.45, 7) is 0. The van der Waals surface area contributed by atoms with Crippen molar-refractivity contribution in [2.24, 2.45) is 5.10 Å². The van der Waals surface area contributed by atoms with Crippen LogP contribution >= 0.6 is 0 Å². The number of amides is 3. The van der Waals surface area contributed by atoms with Crippen LogP contribution in [0.3, 0.4) is 0 Å². The molecule has 1 aromatic rings. The zero-order chi connectivity index (χ0) is 17.9. The number of hydrogen-bond donors (Lipinski definition) is 1. The predicted molar refractivity (Wildman–Crippen MR) is 91.8 cm³/mol. The Bertz CT molecular complexity index is 766. The van der Waals surface area contributed by atoms with Gasteiger partial charge >= 0.3 is 6.03 Å². The van der Waals surface area contributed by atoms with Crippen molar-refractivity contribution in [3.8, 4) is 0 Å². The summed E-state index contributed by atoms with van der Waals surface area (Å²) < 4.78 is 0. The van der Waals surface area contributed by atoms with Gasteiger partial charge in [0.25, 0.3) is 11.6 Å². The van der Waals surface area contributed by atoms with Gasteiger partial charge in [-0.15, -0.1) is 5.01 Å². The fourth-order valence-electron chi connectivity index (χ4n) is 3.25. The average Bonchev–Trinajstić information content (AvgIpc) is 2.83. The monoisotopic (exact) mass is 342 g/mol. The van der Waals surface area contributed by atoms with Gasteiger partial charge in [0, 0.05) is 12.3 Å². The molecular weight excluding hydrogens is 324 g/mol. The van der Waals surface area contributed by atoms with Gasteiger partial charge < -0.3 is 5.32 Å². The lowest BCUT2D eigenvalue weighted by molar-refractivity contribution is -0.385. The van der Waals surface area contributed by atoms with Crippen LogP contribution in [0.25, 0.3) is 6.08 Å². The fraction of sp³-hybridized carbons (Fsp3) is 0.353. The highest BCUT2D eigenvalue weighted by Crippen LogP contribution is 2.33. The zero-order valence-corrected chi connectivity index (χ0v) is 13.6. The van der Waals surface area contributed by atoms with Crippen LogP contribution in [0.5, 0.6) is 0 Å². The summed E-state index contributed by atoms with van der Waals surface area (Å²) in [7, 11) is 0. The average molecular weight is 342 g/mol. The highest BCUT2D eigenvalue weighted by molar-refractivity contribution is 6.07. The third-order valence-electron chi connectivity index (χ3n) is 4.52. The van der Waals surface area contributed by atoms with Gasteiger partial charge in [0.05, 0.1) is 10.5 Å². The second-order valence-electron chi connectivity index (χ2n) is 6.13. The smallest absolute Gasteiger partial charge is 0.321 e. The number of nitrogens with zero attached hydrogens (tertiary/aromatic N) is 3. The maximum atomic E-state index is 12.5. The molecule has 3 rings (SSSR count). The molecule has 8 nitrogen and oxygen atoms in total. The Hall–Kier alpha value is -3.03. The lowest BCUT2D eigenvalue weighted by Gasteiger charge is -2.29. The van der Waals surface area contributed by atoms with E-state index >= 15 is 0 Å². The van der Waals surface area contributed by atoms with Gasteiger partial charge in [0.15, 0.2) is 0 Å². The fourth-order valence-corrected chi connectivity index (χ4v) is 3.25. The zero-order valence-electron chi connectivity index (χ0n) is 13.6. The second kappa shape index (κ2) is 6.84. The summed E-state index contributed by atoms with van der Waals surface area (Å²) >= 11 is 0. The van der Waals surface area contributed by atoms with Crippen molar-refractivity contribution in [1.29, 1.82) is 0 Å². The second-order valence-corrected chi connectivity index (χ2v) is 6.13.